The third-order valence-corrected chi connectivity index (χ3v) is 3.48. The van der Waals surface area contributed by atoms with Gasteiger partial charge in [0.25, 0.3) is 0 Å². The molecule has 0 radical (unpaired) electrons. The van der Waals surface area contributed by atoms with Gasteiger partial charge < -0.3 is 0 Å². The zero-order valence-corrected chi connectivity index (χ0v) is 11.4. The van der Waals surface area contributed by atoms with Crippen LogP contribution in [0.2, 0.25) is 0 Å². The number of allylic oxidation sites excluding steroid dienone is 2. The van der Waals surface area contributed by atoms with E-state index in [2.05, 4.69) is 19.1 Å². The molecule has 1 nitrogen and oxygen atoms in total. The number of ketones is 1. The highest BCUT2D eigenvalue weighted by molar-refractivity contribution is 8.03. The number of carbonyl (C=O) groups is 1. The molecule has 0 saturated heterocycles. The number of unbranched alkanes of at least 4 members (excludes halogenated alkanes) is 2. The van der Waals surface area contributed by atoms with E-state index in [0.29, 0.717) is 0 Å². The average Bonchev–Trinajstić information content (AvgIpc) is 2.30. The summed E-state index contributed by atoms with van der Waals surface area (Å²) >= 11 is 1.71. The maximum absolute atomic E-state index is 11.2. The second-order valence-electron chi connectivity index (χ2n) is 4.09. The lowest BCUT2D eigenvalue weighted by molar-refractivity contribution is -0.112. The Bertz CT molecular complexity index is 368. The number of carbonyl (C=O) groups excluding carboxylic acids is 1. The highest BCUT2D eigenvalue weighted by Crippen LogP contribution is 2.30. The monoisotopic (exact) mass is 248 g/mol. The first kappa shape index (κ1) is 14.0. The maximum Gasteiger partial charge on any atom is 0.153 e. The molecule has 0 heterocycles. The predicted octanol–water partition coefficient (Wildman–Crippen LogP) is 4.83. The van der Waals surface area contributed by atoms with E-state index >= 15 is 0 Å². The van der Waals surface area contributed by atoms with Crippen molar-refractivity contribution >= 4 is 17.5 Å². The Morgan fingerprint density at radius 3 is 2.53 bits per heavy atom. The Morgan fingerprint density at radius 2 is 1.94 bits per heavy atom. The Hall–Kier alpha value is -1.02. The van der Waals surface area contributed by atoms with Crippen LogP contribution < -0.4 is 0 Å². The smallest absolute Gasteiger partial charge is 0.153 e. The summed E-state index contributed by atoms with van der Waals surface area (Å²) in [6.45, 7) is 3.81. The van der Waals surface area contributed by atoms with E-state index in [1.54, 1.807) is 24.8 Å². The van der Waals surface area contributed by atoms with Crippen molar-refractivity contribution in [2.24, 2.45) is 0 Å². The van der Waals surface area contributed by atoms with Gasteiger partial charge in [-0.1, -0.05) is 49.7 Å². The Labute approximate surface area is 108 Å². The van der Waals surface area contributed by atoms with Gasteiger partial charge >= 0.3 is 0 Å². The summed E-state index contributed by atoms with van der Waals surface area (Å²) < 4.78 is 0. The molecule has 0 fully saturated rings. The second kappa shape index (κ2) is 8.13. The SMILES string of the molecule is CCCCC/C(=C/C(C)=O)Sc1ccccc1. The molecule has 1 rings (SSSR count). The van der Waals surface area contributed by atoms with Crippen molar-refractivity contribution in [2.75, 3.05) is 0 Å². The van der Waals surface area contributed by atoms with Crippen LogP contribution in [0.5, 0.6) is 0 Å². The van der Waals surface area contributed by atoms with Crippen molar-refractivity contribution in [3.05, 3.63) is 41.3 Å². The minimum absolute atomic E-state index is 0.139. The van der Waals surface area contributed by atoms with Crippen LogP contribution in [0.4, 0.5) is 0 Å². The van der Waals surface area contributed by atoms with Crippen molar-refractivity contribution in [1.82, 2.24) is 0 Å². The predicted molar refractivity (Wildman–Crippen MR) is 75.2 cm³/mol. The summed E-state index contributed by atoms with van der Waals surface area (Å²) in [6.07, 6.45) is 6.38. The van der Waals surface area contributed by atoms with Gasteiger partial charge in [-0.25, -0.2) is 0 Å². The molecule has 0 spiro atoms. The molecule has 0 amide bonds. The van der Waals surface area contributed by atoms with Crippen molar-refractivity contribution in [3.63, 3.8) is 0 Å². The molecule has 0 bridgehead atoms. The molecule has 1 aromatic rings. The number of benzene rings is 1. The van der Waals surface area contributed by atoms with Crippen LogP contribution in [0, 0.1) is 0 Å². The highest BCUT2D eigenvalue weighted by Gasteiger charge is 2.02. The van der Waals surface area contributed by atoms with Crippen molar-refractivity contribution < 1.29 is 4.79 Å². The Balaban J connectivity index is 2.61. The fourth-order valence-corrected chi connectivity index (χ4v) is 2.64. The number of hydrogen-bond donors (Lipinski definition) is 0. The maximum atomic E-state index is 11.2. The minimum atomic E-state index is 0.139. The van der Waals surface area contributed by atoms with Gasteiger partial charge in [0.05, 0.1) is 0 Å². The van der Waals surface area contributed by atoms with E-state index in [0.717, 1.165) is 12.8 Å². The van der Waals surface area contributed by atoms with Crippen molar-refractivity contribution in [2.45, 2.75) is 44.4 Å². The molecule has 0 aliphatic carbocycles. The standard InChI is InChI=1S/C15H20OS/c1-3-4-6-11-15(12-13(2)16)17-14-9-7-5-8-10-14/h5,7-10,12H,3-4,6,11H2,1-2H3/b15-12-. The molecule has 0 atom stereocenters. The van der Waals surface area contributed by atoms with Crippen LogP contribution in [-0.2, 0) is 4.79 Å². The van der Waals surface area contributed by atoms with Gasteiger partial charge in [-0.05, 0) is 42.9 Å². The number of thioether (sulfide) groups is 1. The molecule has 2 heteroatoms. The van der Waals surface area contributed by atoms with Crippen LogP contribution in [0.25, 0.3) is 0 Å². The molecule has 17 heavy (non-hydrogen) atoms. The number of rotatable bonds is 7. The summed E-state index contributed by atoms with van der Waals surface area (Å²) in [5.41, 5.74) is 0. The summed E-state index contributed by atoms with van der Waals surface area (Å²) in [5.74, 6) is 0.139. The average molecular weight is 248 g/mol. The normalized spacial score (nSPS) is 11.5. The minimum Gasteiger partial charge on any atom is -0.295 e. The van der Waals surface area contributed by atoms with Crippen LogP contribution >= 0.6 is 11.8 Å². The summed E-state index contributed by atoms with van der Waals surface area (Å²) in [7, 11) is 0. The fraction of sp³-hybridized carbons (Fsp3) is 0.400. The quantitative estimate of drug-likeness (QED) is 0.390. The first-order valence-corrected chi connectivity index (χ1v) is 6.98. The van der Waals surface area contributed by atoms with Gasteiger partial charge in [-0.3, -0.25) is 4.79 Å². The molecular weight excluding hydrogens is 228 g/mol. The van der Waals surface area contributed by atoms with E-state index in [4.69, 9.17) is 0 Å². The zero-order chi connectivity index (χ0) is 12.5. The Kier molecular flexibility index (Phi) is 6.71. The highest BCUT2D eigenvalue weighted by atomic mass is 32.2. The van der Waals surface area contributed by atoms with Gasteiger partial charge in [0.1, 0.15) is 0 Å². The van der Waals surface area contributed by atoms with E-state index in [9.17, 15) is 4.79 Å². The van der Waals surface area contributed by atoms with Crippen LogP contribution in [0.1, 0.15) is 39.5 Å². The second-order valence-corrected chi connectivity index (χ2v) is 5.29. The van der Waals surface area contributed by atoms with Gasteiger partial charge in [-0.15, -0.1) is 0 Å². The van der Waals surface area contributed by atoms with E-state index in [1.807, 2.05) is 18.2 Å². The zero-order valence-electron chi connectivity index (χ0n) is 10.6. The first-order valence-electron chi connectivity index (χ1n) is 6.16. The molecular formula is C15H20OS. The Morgan fingerprint density at radius 1 is 1.24 bits per heavy atom. The number of hydrogen-bond acceptors (Lipinski definition) is 2. The third kappa shape index (κ3) is 6.32. The van der Waals surface area contributed by atoms with Gasteiger partial charge in [0.2, 0.25) is 0 Å². The summed E-state index contributed by atoms with van der Waals surface area (Å²) in [5, 5.41) is 0. The van der Waals surface area contributed by atoms with Gasteiger partial charge in [0.15, 0.2) is 5.78 Å². The molecule has 0 aliphatic rings. The lowest BCUT2D eigenvalue weighted by atomic mass is 10.2. The molecule has 0 aliphatic heterocycles. The van der Waals surface area contributed by atoms with E-state index in [1.165, 1.54) is 22.6 Å². The molecule has 0 saturated carbocycles. The largest absolute Gasteiger partial charge is 0.295 e. The molecule has 1 aromatic carbocycles. The molecule has 0 N–H and O–H groups in total. The summed E-state index contributed by atoms with van der Waals surface area (Å²) in [4.78, 5) is 13.6. The lowest BCUT2D eigenvalue weighted by Crippen LogP contribution is -1.87. The van der Waals surface area contributed by atoms with Gasteiger partial charge in [-0.2, -0.15) is 0 Å². The lowest BCUT2D eigenvalue weighted by Gasteiger charge is -2.06. The molecule has 0 unspecified atom stereocenters. The fourth-order valence-electron chi connectivity index (χ4n) is 1.57. The molecule has 92 valence electrons. The first-order chi connectivity index (χ1) is 8.22. The van der Waals surface area contributed by atoms with Crippen LogP contribution in [0.15, 0.2) is 46.2 Å². The topological polar surface area (TPSA) is 17.1 Å². The van der Waals surface area contributed by atoms with E-state index < -0.39 is 0 Å². The van der Waals surface area contributed by atoms with E-state index in [-0.39, 0.29) is 5.78 Å². The van der Waals surface area contributed by atoms with Crippen LogP contribution in [0.3, 0.4) is 0 Å². The third-order valence-electron chi connectivity index (χ3n) is 2.38. The molecule has 0 aromatic heterocycles. The summed E-state index contributed by atoms with van der Waals surface area (Å²) in [6, 6.07) is 10.2. The van der Waals surface area contributed by atoms with Crippen molar-refractivity contribution in [3.8, 4) is 0 Å². The van der Waals surface area contributed by atoms with Gasteiger partial charge in [0, 0.05) is 4.90 Å². The van der Waals surface area contributed by atoms with Crippen molar-refractivity contribution in [1.29, 1.82) is 0 Å². The van der Waals surface area contributed by atoms with Crippen LogP contribution in [-0.4, -0.2) is 5.78 Å².